The minimum absolute atomic E-state index is 0.185. The summed E-state index contributed by atoms with van der Waals surface area (Å²) in [6.45, 7) is 0. The predicted octanol–water partition coefficient (Wildman–Crippen LogP) is 6.82. The molecule has 0 aliphatic heterocycles. The molecule has 0 radical (unpaired) electrons. The van der Waals surface area contributed by atoms with Crippen LogP contribution in [0.3, 0.4) is 0 Å². The number of rotatable bonds is 6. The molecule has 0 bridgehead atoms. The smallest absolute Gasteiger partial charge is 0.323 e. The Kier molecular flexibility index (Phi) is 5.92. The first-order valence-corrected chi connectivity index (χ1v) is 12.2. The highest BCUT2D eigenvalue weighted by Crippen LogP contribution is 2.34. The molecule has 0 amide bonds. The standard InChI is InChI=1S/C26H17F3N8S/c27-26(28,29)18-7-4-12-30-24(18)34-22-10-11-23-32-14-20(37(23)36-22)17-8-9-21(31-13-17)35-25-33-19(15-38-25)16-5-2-1-3-6-16/h1-15H,(H,30,34,36)(H,31,33,35). The van der Waals surface area contributed by atoms with Gasteiger partial charge in [-0.3, -0.25) is 0 Å². The van der Waals surface area contributed by atoms with Crippen molar-refractivity contribution in [3.05, 3.63) is 96.3 Å². The maximum absolute atomic E-state index is 13.4. The summed E-state index contributed by atoms with van der Waals surface area (Å²) in [6.07, 6.45) is 0.0309. The highest BCUT2D eigenvalue weighted by molar-refractivity contribution is 7.14. The summed E-state index contributed by atoms with van der Waals surface area (Å²) < 4.78 is 41.6. The summed E-state index contributed by atoms with van der Waals surface area (Å²) in [5.74, 6) is 0.468. The number of anilines is 4. The molecule has 188 valence electrons. The number of thiazole rings is 1. The van der Waals surface area contributed by atoms with Gasteiger partial charge in [-0.15, -0.1) is 16.4 Å². The molecule has 0 saturated carbocycles. The van der Waals surface area contributed by atoms with E-state index in [9.17, 15) is 13.2 Å². The van der Waals surface area contributed by atoms with E-state index in [1.165, 1.54) is 28.1 Å². The van der Waals surface area contributed by atoms with E-state index >= 15 is 0 Å². The lowest BCUT2D eigenvalue weighted by atomic mass is 10.2. The molecule has 0 aliphatic carbocycles. The van der Waals surface area contributed by atoms with Crippen molar-refractivity contribution >= 4 is 39.6 Å². The summed E-state index contributed by atoms with van der Waals surface area (Å²) in [6, 6.07) is 19.0. The maximum atomic E-state index is 13.4. The zero-order valence-corrected chi connectivity index (χ0v) is 20.2. The second-order valence-electron chi connectivity index (χ2n) is 8.12. The molecule has 1 aromatic carbocycles. The Morgan fingerprint density at radius 3 is 2.39 bits per heavy atom. The fraction of sp³-hybridized carbons (Fsp3) is 0.0385. The van der Waals surface area contributed by atoms with Gasteiger partial charge in [-0.05, 0) is 36.4 Å². The lowest BCUT2D eigenvalue weighted by Gasteiger charge is -2.13. The summed E-state index contributed by atoms with van der Waals surface area (Å²) >= 11 is 1.48. The lowest BCUT2D eigenvalue weighted by molar-refractivity contribution is -0.137. The molecule has 0 saturated heterocycles. The monoisotopic (exact) mass is 530 g/mol. The molecular formula is C26H17F3N8S. The molecule has 38 heavy (non-hydrogen) atoms. The van der Waals surface area contributed by atoms with Crippen LogP contribution in [-0.4, -0.2) is 29.5 Å². The average Bonchev–Trinajstić information content (AvgIpc) is 3.57. The van der Waals surface area contributed by atoms with Crippen LogP contribution in [0.5, 0.6) is 0 Å². The second kappa shape index (κ2) is 9.56. The molecule has 0 unspecified atom stereocenters. The van der Waals surface area contributed by atoms with Gasteiger partial charge < -0.3 is 10.6 Å². The van der Waals surface area contributed by atoms with Gasteiger partial charge in [-0.1, -0.05) is 30.3 Å². The molecular weight excluding hydrogens is 513 g/mol. The first kappa shape index (κ1) is 23.6. The van der Waals surface area contributed by atoms with Crippen LogP contribution in [0.4, 0.5) is 35.8 Å². The first-order chi connectivity index (χ1) is 18.4. The zero-order valence-electron chi connectivity index (χ0n) is 19.4. The molecule has 6 rings (SSSR count). The Morgan fingerprint density at radius 1 is 0.763 bits per heavy atom. The van der Waals surface area contributed by atoms with Crippen LogP contribution in [0.2, 0.25) is 0 Å². The highest BCUT2D eigenvalue weighted by Gasteiger charge is 2.34. The number of pyridine rings is 2. The molecule has 12 heteroatoms. The first-order valence-electron chi connectivity index (χ1n) is 11.3. The topological polar surface area (TPSA) is 92.9 Å². The van der Waals surface area contributed by atoms with Crippen LogP contribution in [-0.2, 0) is 6.18 Å². The van der Waals surface area contributed by atoms with E-state index in [2.05, 4.69) is 35.7 Å². The largest absolute Gasteiger partial charge is 0.419 e. The van der Waals surface area contributed by atoms with Gasteiger partial charge in [0.2, 0.25) is 0 Å². The van der Waals surface area contributed by atoms with E-state index in [-0.39, 0.29) is 11.6 Å². The number of aromatic nitrogens is 6. The minimum Gasteiger partial charge on any atom is -0.323 e. The quantitative estimate of drug-likeness (QED) is 0.244. The number of imidazole rings is 1. The summed E-state index contributed by atoms with van der Waals surface area (Å²) in [4.78, 5) is 17.3. The Labute approximate surface area is 217 Å². The number of halogens is 3. The highest BCUT2D eigenvalue weighted by atomic mass is 32.1. The number of nitrogens with one attached hydrogen (secondary N) is 2. The van der Waals surface area contributed by atoms with Crippen molar-refractivity contribution in [2.24, 2.45) is 0 Å². The van der Waals surface area contributed by atoms with E-state index in [1.54, 1.807) is 24.5 Å². The Hall–Kier alpha value is -4.84. The van der Waals surface area contributed by atoms with Gasteiger partial charge in [-0.2, -0.15) is 13.2 Å². The van der Waals surface area contributed by atoms with E-state index in [0.29, 0.717) is 22.3 Å². The Bertz CT molecular complexity index is 1710. The number of nitrogens with zero attached hydrogens (tertiary/aromatic N) is 6. The van der Waals surface area contributed by atoms with Crippen molar-refractivity contribution in [3.63, 3.8) is 0 Å². The van der Waals surface area contributed by atoms with Crippen molar-refractivity contribution in [1.29, 1.82) is 0 Å². The average molecular weight is 531 g/mol. The van der Waals surface area contributed by atoms with Crippen molar-refractivity contribution in [2.45, 2.75) is 6.18 Å². The van der Waals surface area contributed by atoms with Gasteiger partial charge in [0.1, 0.15) is 11.6 Å². The second-order valence-corrected chi connectivity index (χ2v) is 8.97. The van der Waals surface area contributed by atoms with E-state index < -0.39 is 11.7 Å². The fourth-order valence-corrected chi connectivity index (χ4v) is 4.52. The fourth-order valence-electron chi connectivity index (χ4n) is 3.79. The molecule has 0 spiro atoms. The third kappa shape index (κ3) is 4.76. The number of hydrogen-bond acceptors (Lipinski definition) is 8. The molecule has 5 aromatic heterocycles. The van der Waals surface area contributed by atoms with Crippen molar-refractivity contribution in [2.75, 3.05) is 10.6 Å². The van der Waals surface area contributed by atoms with Gasteiger partial charge >= 0.3 is 6.18 Å². The van der Waals surface area contributed by atoms with Crippen molar-refractivity contribution in [3.8, 4) is 22.5 Å². The number of alkyl halides is 3. The van der Waals surface area contributed by atoms with Crippen LogP contribution in [0.15, 0.2) is 90.7 Å². The van der Waals surface area contributed by atoms with Gasteiger partial charge in [0, 0.05) is 28.9 Å². The lowest BCUT2D eigenvalue weighted by Crippen LogP contribution is -2.11. The van der Waals surface area contributed by atoms with Crippen molar-refractivity contribution in [1.82, 2.24) is 29.5 Å². The summed E-state index contributed by atoms with van der Waals surface area (Å²) in [5, 5.41) is 13.0. The molecule has 5 heterocycles. The van der Waals surface area contributed by atoms with Crippen LogP contribution in [0.1, 0.15) is 5.56 Å². The molecule has 0 atom stereocenters. The number of benzene rings is 1. The van der Waals surface area contributed by atoms with E-state index in [0.717, 1.165) is 22.9 Å². The third-order valence-corrected chi connectivity index (χ3v) is 6.35. The van der Waals surface area contributed by atoms with Crippen LogP contribution >= 0.6 is 11.3 Å². The molecule has 0 aliphatic rings. The number of hydrogen-bond donors (Lipinski definition) is 2. The van der Waals surface area contributed by atoms with Gasteiger partial charge in [0.15, 0.2) is 16.6 Å². The number of fused-ring (bicyclic) bond motifs is 1. The van der Waals surface area contributed by atoms with E-state index in [1.807, 2.05) is 47.8 Å². The van der Waals surface area contributed by atoms with E-state index in [4.69, 9.17) is 0 Å². The normalized spacial score (nSPS) is 11.6. The zero-order chi connectivity index (χ0) is 26.1. The molecule has 8 nitrogen and oxygen atoms in total. The SMILES string of the molecule is FC(F)(F)c1cccnc1Nc1ccc2ncc(-c3ccc(Nc4nc(-c5ccccc5)cs4)nc3)n2n1. The maximum Gasteiger partial charge on any atom is 0.419 e. The van der Waals surface area contributed by atoms with Crippen LogP contribution in [0, 0.1) is 0 Å². The minimum atomic E-state index is -4.55. The Morgan fingerprint density at radius 2 is 1.61 bits per heavy atom. The third-order valence-electron chi connectivity index (χ3n) is 5.59. The van der Waals surface area contributed by atoms with Gasteiger partial charge in [0.25, 0.3) is 0 Å². The van der Waals surface area contributed by atoms with Crippen molar-refractivity contribution < 1.29 is 13.2 Å². The Balaban J connectivity index is 1.23. The van der Waals surface area contributed by atoms with Gasteiger partial charge in [0.05, 0.1) is 23.1 Å². The molecule has 6 aromatic rings. The molecule has 0 fully saturated rings. The molecule has 2 N–H and O–H groups in total. The summed E-state index contributed by atoms with van der Waals surface area (Å²) in [5.41, 5.74) is 2.92. The van der Waals surface area contributed by atoms with Gasteiger partial charge in [-0.25, -0.2) is 24.5 Å². The van der Waals surface area contributed by atoms with Crippen LogP contribution < -0.4 is 10.6 Å². The summed E-state index contributed by atoms with van der Waals surface area (Å²) in [7, 11) is 0. The van der Waals surface area contributed by atoms with Crippen LogP contribution in [0.25, 0.3) is 28.2 Å². The predicted molar refractivity (Wildman–Crippen MR) is 140 cm³/mol.